The van der Waals surface area contributed by atoms with Gasteiger partial charge in [-0.2, -0.15) is 0 Å². The highest BCUT2D eigenvalue weighted by atomic mass is 32.1. The third kappa shape index (κ3) is 3.59. The van der Waals surface area contributed by atoms with E-state index in [2.05, 4.69) is 158 Å². The van der Waals surface area contributed by atoms with Crippen LogP contribution in [0.4, 0.5) is 0 Å². The van der Waals surface area contributed by atoms with Crippen molar-refractivity contribution in [3.63, 3.8) is 0 Å². The van der Waals surface area contributed by atoms with Crippen LogP contribution in [0.25, 0.3) is 106 Å². The van der Waals surface area contributed by atoms with E-state index < -0.39 is 0 Å². The fourth-order valence-electron chi connectivity index (χ4n) is 8.22. The quantitative estimate of drug-likeness (QED) is 0.130. The second kappa shape index (κ2) is 9.98. The van der Waals surface area contributed by atoms with Gasteiger partial charge in [0.05, 0.1) is 0 Å². The SMILES string of the molecule is c1ccc(-c2cc3c(sc4cccc5c4c3c3cccc4sc6c7ccccc7c(-c7ccccc7)cc6c5c43)c3ccccc23)cc1. The summed E-state index contributed by atoms with van der Waals surface area (Å²) in [6.45, 7) is 0. The third-order valence-electron chi connectivity index (χ3n) is 10.2. The van der Waals surface area contributed by atoms with E-state index in [1.54, 1.807) is 0 Å². The normalized spacial score (nSPS) is 12.2. The molecule has 2 heteroatoms. The maximum Gasteiger partial charge on any atom is 0.0434 e. The maximum absolute atomic E-state index is 2.48. The Morgan fingerprint density at radius 2 is 0.646 bits per heavy atom. The molecule has 0 atom stereocenters. The van der Waals surface area contributed by atoms with Crippen LogP contribution in [0, 0.1) is 0 Å². The number of rotatable bonds is 2. The van der Waals surface area contributed by atoms with Crippen molar-refractivity contribution in [2.24, 2.45) is 0 Å². The molecule has 0 amide bonds. The molecule has 0 aliphatic rings. The fourth-order valence-corrected chi connectivity index (χ4v) is 10.7. The first kappa shape index (κ1) is 26.5. The maximum atomic E-state index is 2.48. The molecule has 0 fully saturated rings. The summed E-state index contributed by atoms with van der Waals surface area (Å²) in [4.78, 5) is 0. The third-order valence-corrected chi connectivity index (χ3v) is 12.6. The highest BCUT2D eigenvalue weighted by Gasteiger charge is 2.22. The molecule has 0 unspecified atom stereocenters. The van der Waals surface area contributed by atoms with E-state index in [9.17, 15) is 0 Å². The lowest BCUT2D eigenvalue weighted by molar-refractivity contribution is 1.67. The molecule has 0 spiro atoms. The van der Waals surface area contributed by atoms with Crippen LogP contribution in [0.2, 0.25) is 0 Å². The Bertz CT molecular complexity index is 2880. The van der Waals surface area contributed by atoms with Crippen LogP contribution in [0.15, 0.2) is 158 Å². The first-order valence-electron chi connectivity index (χ1n) is 16.4. The molecule has 0 nitrogen and oxygen atoms in total. The summed E-state index contributed by atoms with van der Waals surface area (Å²) >= 11 is 3.87. The van der Waals surface area contributed by atoms with E-state index in [-0.39, 0.29) is 0 Å². The van der Waals surface area contributed by atoms with Crippen molar-refractivity contribution in [3.8, 4) is 22.3 Å². The van der Waals surface area contributed by atoms with Crippen LogP contribution < -0.4 is 0 Å². The minimum Gasteiger partial charge on any atom is -0.135 e. The lowest BCUT2D eigenvalue weighted by Crippen LogP contribution is -1.91. The number of benzene rings is 9. The van der Waals surface area contributed by atoms with E-state index in [0.29, 0.717) is 0 Å². The van der Waals surface area contributed by atoms with Gasteiger partial charge in [0.25, 0.3) is 0 Å². The number of fused-ring (bicyclic) bond motifs is 10. The zero-order chi connectivity index (χ0) is 31.3. The zero-order valence-corrected chi connectivity index (χ0v) is 27.5. The Morgan fingerprint density at radius 3 is 1.08 bits per heavy atom. The Kier molecular flexibility index (Phi) is 5.51. The molecular formula is C46H26S2. The molecule has 2 aromatic heterocycles. The lowest BCUT2D eigenvalue weighted by atomic mass is 9.88. The van der Waals surface area contributed by atoms with E-state index in [4.69, 9.17) is 0 Å². The predicted octanol–water partition coefficient (Wildman–Crippen LogP) is 14.4. The van der Waals surface area contributed by atoms with Gasteiger partial charge < -0.3 is 0 Å². The van der Waals surface area contributed by atoms with Gasteiger partial charge in [0.1, 0.15) is 0 Å². The average Bonchev–Trinajstić information content (AvgIpc) is 3.16. The topological polar surface area (TPSA) is 0 Å². The van der Waals surface area contributed by atoms with Crippen molar-refractivity contribution in [2.45, 2.75) is 0 Å². The van der Waals surface area contributed by atoms with Crippen molar-refractivity contribution in [1.29, 1.82) is 0 Å². The van der Waals surface area contributed by atoms with Gasteiger partial charge in [-0.25, -0.2) is 0 Å². The first-order chi connectivity index (χ1) is 23.8. The summed E-state index contributed by atoms with van der Waals surface area (Å²) in [5.74, 6) is 0. The van der Waals surface area contributed by atoms with Gasteiger partial charge in [-0.15, -0.1) is 22.7 Å². The Morgan fingerprint density at radius 1 is 0.271 bits per heavy atom. The van der Waals surface area contributed by atoms with Crippen molar-refractivity contribution >= 4 is 106 Å². The Hall–Kier alpha value is -5.54. The van der Waals surface area contributed by atoms with Crippen LogP contribution in [0.1, 0.15) is 0 Å². The zero-order valence-electron chi connectivity index (χ0n) is 25.8. The molecule has 222 valence electrons. The second-order valence-electron chi connectivity index (χ2n) is 12.7. The molecule has 9 aromatic carbocycles. The van der Waals surface area contributed by atoms with E-state index in [1.165, 1.54) is 106 Å². The molecule has 0 aliphatic carbocycles. The van der Waals surface area contributed by atoms with Crippen LogP contribution in [0.3, 0.4) is 0 Å². The summed E-state index contributed by atoms with van der Waals surface area (Å²) in [7, 11) is 0. The minimum absolute atomic E-state index is 1.25. The molecular weight excluding hydrogens is 617 g/mol. The van der Waals surface area contributed by atoms with E-state index in [0.717, 1.165) is 0 Å². The van der Waals surface area contributed by atoms with Gasteiger partial charge in [0.15, 0.2) is 0 Å². The molecule has 48 heavy (non-hydrogen) atoms. The summed E-state index contributed by atoms with van der Waals surface area (Å²) in [6, 6.07) is 58.6. The van der Waals surface area contributed by atoms with Gasteiger partial charge >= 0.3 is 0 Å². The van der Waals surface area contributed by atoms with Crippen molar-refractivity contribution in [1.82, 2.24) is 0 Å². The van der Waals surface area contributed by atoms with Crippen LogP contribution in [-0.4, -0.2) is 0 Å². The summed E-state index contributed by atoms with van der Waals surface area (Å²) in [5, 5.41) is 16.1. The standard InChI is InChI=1S/C46H26S2/c1-3-13-27(14-4-1)35-25-37-41-33-21-11-24-40-44(33)42(34-22-12-23-39(43(34)41)47-45(37)31-19-9-7-17-29(31)35)38-26-36(28-15-5-2-6-16-28)30-18-8-10-20-32(30)46(38)48-40/h1-26H. The molecule has 2 heterocycles. The van der Waals surface area contributed by atoms with Crippen LogP contribution >= 0.6 is 22.7 Å². The molecule has 0 N–H and O–H groups in total. The fraction of sp³-hybridized carbons (Fsp3) is 0. The van der Waals surface area contributed by atoms with Crippen LogP contribution in [0.5, 0.6) is 0 Å². The first-order valence-corrected chi connectivity index (χ1v) is 18.1. The molecule has 0 saturated carbocycles. The number of hydrogen-bond acceptors (Lipinski definition) is 2. The van der Waals surface area contributed by atoms with Crippen molar-refractivity contribution in [2.75, 3.05) is 0 Å². The monoisotopic (exact) mass is 642 g/mol. The molecule has 11 aromatic rings. The molecule has 0 aliphatic heterocycles. The smallest absolute Gasteiger partial charge is 0.0434 e. The summed E-state index contributed by atoms with van der Waals surface area (Å²) in [5.41, 5.74) is 5.09. The van der Waals surface area contributed by atoms with Gasteiger partial charge in [0, 0.05) is 61.9 Å². The molecule has 0 saturated heterocycles. The van der Waals surface area contributed by atoms with Gasteiger partial charge in [-0.05, 0) is 68.1 Å². The van der Waals surface area contributed by atoms with Gasteiger partial charge in [-0.1, -0.05) is 133 Å². The second-order valence-corrected chi connectivity index (χ2v) is 14.8. The predicted molar refractivity (Wildman–Crippen MR) is 213 cm³/mol. The Balaban J connectivity index is 1.41. The summed E-state index contributed by atoms with van der Waals surface area (Å²) in [6.07, 6.45) is 0. The van der Waals surface area contributed by atoms with Crippen molar-refractivity contribution < 1.29 is 0 Å². The van der Waals surface area contributed by atoms with Gasteiger partial charge in [-0.3, -0.25) is 0 Å². The molecule has 0 bridgehead atoms. The lowest BCUT2D eigenvalue weighted by Gasteiger charge is -2.20. The van der Waals surface area contributed by atoms with Crippen LogP contribution in [-0.2, 0) is 0 Å². The summed E-state index contributed by atoms with van der Waals surface area (Å²) < 4.78 is 5.37. The average molecular weight is 643 g/mol. The van der Waals surface area contributed by atoms with E-state index >= 15 is 0 Å². The highest BCUT2D eigenvalue weighted by molar-refractivity contribution is 7.26. The minimum atomic E-state index is 1.25. The molecule has 0 radical (unpaired) electrons. The molecule has 11 rings (SSSR count). The van der Waals surface area contributed by atoms with E-state index in [1.807, 2.05) is 22.7 Å². The highest BCUT2D eigenvalue weighted by Crippen LogP contribution is 2.52. The number of hydrogen-bond donors (Lipinski definition) is 0. The van der Waals surface area contributed by atoms with Crippen molar-refractivity contribution in [3.05, 3.63) is 158 Å². The van der Waals surface area contributed by atoms with Gasteiger partial charge in [0.2, 0.25) is 0 Å². The Labute approximate surface area is 284 Å². The largest absolute Gasteiger partial charge is 0.135 e.